The Kier molecular flexibility index (Phi) is 5.15. The normalized spacial score (nSPS) is 12.0. The molecule has 0 aliphatic rings. The van der Waals surface area contributed by atoms with Gasteiger partial charge in [0.1, 0.15) is 4.90 Å². The summed E-state index contributed by atoms with van der Waals surface area (Å²) in [6.07, 6.45) is 0. The first-order valence-electron chi connectivity index (χ1n) is 5.97. The molecule has 0 fully saturated rings. The summed E-state index contributed by atoms with van der Waals surface area (Å²) >= 11 is 8.11. The minimum atomic E-state index is -3.62. The van der Waals surface area contributed by atoms with Gasteiger partial charge in [-0.1, -0.05) is 0 Å². The van der Waals surface area contributed by atoms with Crippen molar-refractivity contribution < 1.29 is 8.42 Å². The summed E-state index contributed by atoms with van der Waals surface area (Å²) in [4.78, 5) is 1.22. The van der Waals surface area contributed by atoms with Gasteiger partial charge in [-0.15, -0.1) is 11.3 Å². The molecule has 8 heteroatoms. The van der Waals surface area contributed by atoms with Crippen LogP contribution < -0.4 is 5.73 Å². The number of hydrogen-bond donors (Lipinski definition) is 1. The van der Waals surface area contributed by atoms with E-state index in [0.717, 1.165) is 10.4 Å². The Hall–Kier alpha value is -0.410. The molecular weight excluding hydrogens is 440 g/mol. The standard InChI is InChI=1S/C13H14Br2N2O2S2/c1-8-3-4-20-12(8)7-17(2)21(18,19)13-10(14)5-9(16)6-11(13)15/h3-6H,7,16H2,1-2H3. The lowest BCUT2D eigenvalue weighted by Crippen LogP contribution is -2.27. The van der Waals surface area contributed by atoms with Gasteiger partial charge in [-0.3, -0.25) is 0 Å². The fourth-order valence-electron chi connectivity index (χ4n) is 1.84. The molecule has 2 rings (SSSR count). The molecule has 0 aliphatic carbocycles. The number of anilines is 1. The SMILES string of the molecule is Cc1ccsc1CN(C)S(=O)(=O)c1c(Br)cc(N)cc1Br. The van der Waals surface area contributed by atoms with Gasteiger partial charge in [-0.25, -0.2) is 8.42 Å². The summed E-state index contributed by atoms with van der Waals surface area (Å²) in [5, 5.41) is 1.96. The van der Waals surface area contributed by atoms with Gasteiger partial charge in [0.15, 0.2) is 0 Å². The van der Waals surface area contributed by atoms with E-state index in [9.17, 15) is 8.42 Å². The van der Waals surface area contributed by atoms with Gasteiger partial charge < -0.3 is 5.73 Å². The second-order valence-corrected chi connectivity index (χ2v) is 9.29. The zero-order valence-corrected chi connectivity index (χ0v) is 16.2. The number of benzene rings is 1. The summed E-state index contributed by atoms with van der Waals surface area (Å²) < 4.78 is 27.7. The molecule has 21 heavy (non-hydrogen) atoms. The Labute approximate surface area is 145 Å². The van der Waals surface area contributed by atoms with Crippen LogP contribution in [-0.4, -0.2) is 19.8 Å². The van der Waals surface area contributed by atoms with Crippen LogP contribution in [0.25, 0.3) is 0 Å². The average Bonchev–Trinajstić information content (AvgIpc) is 2.73. The van der Waals surface area contributed by atoms with Crippen molar-refractivity contribution in [3.05, 3.63) is 43.0 Å². The Bertz CT molecular complexity index is 749. The molecule has 0 saturated carbocycles. The lowest BCUT2D eigenvalue weighted by atomic mass is 10.3. The summed E-state index contributed by atoms with van der Waals surface area (Å²) in [6, 6.07) is 5.15. The van der Waals surface area contributed by atoms with Crippen LogP contribution >= 0.6 is 43.2 Å². The summed E-state index contributed by atoms with van der Waals surface area (Å²) in [7, 11) is -2.05. The van der Waals surface area contributed by atoms with E-state index in [1.54, 1.807) is 30.5 Å². The predicted octanol–water partition coefficient (Wildman–Crippen LogP) is 3.98. The smallest absolute Gasteiger partial charge is 0.245 e. The van der Waals surface area contributed by atoms with Crippen molar-refractivity contribution in [2.45, 2.75) is 18.4 Å². The van der Waals surface area contributed by atoms with Crippen LogP contribution in [0, 0.1) is 6.92 Å². The van der Waals surface area contributed by atoms with Gasteiger partial charge >= 0.3 is 0 Å². The molecule has 0 spiro atoms. The minimum Gasteiger partial charge on any atom is -0.399 e. The molecule has 0 amide bonds. The minimum absolute atomic E-state index is 0.188. The lowest BCUT2D eigenvalue weighted by Gasteiger charge is -2.19. The first-order chi connectivity index (χ1) is 9.73. The molecule has 1 aromatic carbocycles. The molecule has 2 aromatic rings. The van der Waals surface area contributed by atoms with Gasteiger partial charge in [0.2, 0.25) is 10.0 Å². The maximum absolute atomic E-state index is 12.8. The Balaban J connectivity index is 2.40. The summed E-state index contributed by atoms with van der Waals surface area (Å²) in [6.45, 7) is 2.32. The maximum Gasteiger partial charge on any atom is 0.245 e. The first kappa shape index (κ1) is 17.0. The van der Waals surface area contributed by atoms with Crippen molar-refractivity contribution in [2.75, 3.05) is 12.8 Å². The number of rotatable bonds is 4. The second kappa shape index (κ2) is 6.37. The van der Waals surface area contributed by atoms with E-state index in [0.29, 0.717) is 21.2 Å². The van der Waals surface area contributed by atoms with Gasteiger partial charge in [-0.2, -0.15) is 4.31 Å². The molecule has 2 N–H and O–H groups in total. The fourth-order valence-corrected chi connectivity index (χ4v) is 6.55. The number of nitrogens with zero attached hydrogens (tertiary/aromatic N) is 1. The van der Waals surface area contributed by atoms with E-state index in [1.165, 1.54) is 4.31 Å². The third-order valence-electron chi connectivity index (χ3n) is 3.02. The molecular formula is C13H14Br2N2O2S2. The molecule has 0 radical (unpaired) electrons. The molecule has 0 saturated heterocycles. The molecule has 0 unspecified atom stereocenters. The topological polar surface area (TPSA) is 63.4 Å². The maximum atomic E-state index is 12.8. The molecule has 0 atom stereocenters. The molecule has 1 aromatic heterocycles. The number of sulfonamides is 1. The zero-order valence-electron chi connectivity index (χ0n) is 11.4. The van der Waals surface area contributed by atoms with Crippen molar-refractivity contribution in [1.29, 1.82) is 0 Å². The summed E-state index contributed by atoms with van der Waals surface area (Å²) in [5.41, 5.74) is 7.30. The highest BCUT2D eigenvalue weighted by atomic mass is 79.9. The summed E-state index contributed by atoms with van der Waals surface area (Å²) in [5.74, 6) is 0. The Morgan fingerprint density at radius 1 is 1.29 bits per heavy atom. The van der Waals surface area contributed by atoms with Gasteiger partial charge in [0.05, 0.1) is 0 Å². The second-order valence-electron chi connectivity index (χ2n) is 4.60. The van der Waals surface area contributed by atoms with E-state index in [4.69, 9.17) is 5.73 Å². The Morgan fingerprint density at radius 3 is 2.33 bits per heavy atom. The number of nitrogens with two attached hydrogens (primary N) is 1. The third-order valence-corrected chi connectivity index (χ3v) is 7.71. The van der Waals surface area contributed by atoms with Crippen molar-refractivity contribution in [3.8, 4) is 0 Å². The highest BCUT2D eigenvalue weighted by Crippen LogP contribution is 2.34. The fraction of sp³-hybridized carbons (Fsp3) is 0.231. The van der Waals surface area contributed by atoms with E-state index < -0.39 is 10.0 Å². The molecule has 0 aliphatic heterocycles. The van der Waals surface area contributed by atoms with Crippen LogP contribution in [0.4, 0.5) is 5.69 Å². The van der Waals surface area contributed by atoms with Gasteiger partial charge in [0, 0.05) is 33.1 Å². The molecule has 4 nitrogen and oxygen atoms in total. The number of aryl methyl sites for hydroxylation is 1. The largest absolute Gasteiger partial charge is 0.399 e. The monoisotopic (exact) mass is 452 g/mol. The van der Waals surface area contributed by atoms with E-state index in [1.807, 2.05) is 18.4 Å². The number of halogens is 2. The van der Waals surface area contributed by atoms with Gasteiger partial charge in [0.25, 0.3) is 0 Å². The first-order valence-corrected chi connectivity index (χ1v) is 9.88. The van der Waals surface area contributed by atoms with Crippen LogP contribution in [0.5, 0.6) is 0 Å². The quantitative estimate of drug-likeness (QED) is 0.712. The lowest BCUT2D eigenvalue weighted by molar-refractivity contribution is 0.468. The van der Waals surface area contributed by atoms with Gasteiger partial charge in [-0.05, 0) is 67.9 Å². The van der Waals surface area contributed by atoms with Crippen molar-refractivity contribution in [2.24, 2.45) is 0 Å². The number of nitrogen functional groups attached to an aromatic ring is 1. The van der Waals surface area contributed by atoms with Crippen LogP contribution in [0.2, 0.25) is 0 Å². The van der Waals surface area contributed by atoms with Crippen LogP contribution in [0.1, 0.15) is 10.4 Å². The van der Waals surface area contributed by atoms with Crippen molar-refractivity contribution in [3.63, 3.8) is 0 Å². The molecule has 114 valence electrons. The highest BCUT2D eigenvalue weighted by Gasteiger charge is 2.27. The highest BCUT2D eigenvalue weighted by molar-refractivity contribution is 9.11. The van der Waals surface area contributed by atoms with Crippen LogP contribution in [0.15, 0.2) is 37.4 Å². The third kappa shape index (κ3) is 3.50. The predicted molar refractivity (Wildman–Crippen MR) is 94.0 cm³/mol. The molecule has 1 heterocycles. The molecule has 0 bridgehead atoms. The number of thiophene rings is 1. The van der Waals surface area contributed by atoms with E-state index >= 15 is 0 Å². The van der Waals surface area contributed by atoms with Crippen LogP contribution in [0.3, 0.4) is 0 Å². The average molecular weight is 454 g/mol. The Morgan fingerprint density at radius 2 is 1.86 bits per heavy atom. The van der Waals surface area contributed by atoms with Crippen molar-refractivity contribution in [1.82, 2.24) is 4.31 Å². The van der Waals surface area contributed by atoms with Crippen LogP contribution in [-0.2, 0) is 16.6 Å². The van der Waals surface area contributed by atoms with E-state index in [2.05, 4.69) is 31.9 Å². The zero-order chi connectivity index (χ0) is 15.8. The van der Waals surface area contributed by atoms with E-state index in [-0.39, 0.29) is 4.90 Å². The van der Waals surface area contributed by atoms with Crippen molar-refractivity contribution >= 4 is 58.9 Å². The number of hydrogen-bond acceptors (Lipinski definition) is 4.